The standard InChI is InChI=1S/C13H15NO4/c15-11-3-4-12(16)14(11)18-13(17)7-10-6-8-1-2-9(10)5-8/h1-4,8-10,15-16H,5-7H2. The van der Waals surface area contributed by atoms with Crippen LogP contribution in [0.1, 0.15) is 19.3 Å². The molecule has 3 unspecified atom stereocenters. The number of hydrogen-bond acceptors (Lipinski definition) is 4. The van der Waals surface area contributed by atoms with Crippen molar-refractivity contribution in [3.8, 4) is 11.8 Å². The lowest BCUT2D eigenvalue weighted by atomic mass is 9.91. The number of nitrogens with zero attached hydrogens (tertiary/aromatic N) is 1. The molecule has 1 heterocycles. The largest absolute Gasteiger partial charge is 0.492 e. The molecule has 0 amide bonds. The van der Waals surface area contributed by atoms with Crippen molar-refractivity contribution in [3.63, 3.8) is 0 Å². The summed E-state index contributed by atoms with van der Waals surface area (Å²) in [6.45, 7) is 0. The Kier molecular flexibility index (Phi) is 2.54. The number of allylic oxidation sites excluding steroid dienone is 2. The van der Waals surface area contributed by atoms with Crippen LogP contribution in [0.4, 0.5) is 0 Å². The Labute approximate surface area is 104 Å². The fourth-order valence-corrected chi connectivity index (χ4v) is 2.98. The highest BCUT2D eigenvalue weighted by molar-refractivity contribution is 5.70. The van der Waals surface area contributed by atoms with Crippen molar-refractivity contribution >= 4 is 5.97 Å². The second-order valence-corrected chi connectivity index (χ2v) is 5.05. The van der Waals surface area contributed by atoms with Crippen LogP contribution in [0.5, 0.6) is 11.8 Å². The highest BCUT2D eigenvalue weighted by Gasteiger charge is 2.37. The van der Waals surface area contributed by atoms with Gasteiger partial charge in [-0.1, -0.05) is 12.2 Å². The van der Waals surface area contributed by atoms with Gasteiger partial charge in [0.05, 0.1) is 6.42 Å². The summed E-state index contributed by atoms with van der Waals surface area (Å²) in [5, 5.41) is 18.7. The molecular formula is C13H15NO4. The van der Waals surface area contributed by atoms with E-state index in [2.05, 4.69) is 12.2 Å². The molecule has 3 atom stereocenters. The van der Waals surface area contributed by atoms with Crippen LogP contribution in [-0.2, 0) is 4.79 Å². The number of rotatable bonds is 3. The number of carbonyl (C=O) groups is 1. The smallest absolute Gasteiger partial charge is 0.333 e. The van der Waals surface area contributed by atoms with Crippen molar-refractivity contribution in [3.05, 3.63) is 24.3 Å². The van der Waals surface area contributed by atoms with E-state index in [4.69, 9.17) is 4.84 Å². The quantitative estimate of drug-likeness (QED) is 0.795. The van der Waals surface area contributed by atoms with Crippen molar-refractivity contribution in [1.29, 1.82) is 0 Å². The van der Waals surface area contributed by atoms with E-state index in [9.17, 15) is 15.0 Å². The van der Waals surface area contributed by atoms with Gasteiger partial charge < -0.3 is 15.1 Å². The first kappa shape index (κ1) is 11.2. The topological polar surface area (TPSA) is 71.7 Å². The Morgan fingerprint density at radius 1 is 1.28 bits per heavy atom. The molecule has 2 aliphatic rings. The number of hydrogen-bond donors (Lipinski definition) is 2. The highest BCUT2D eigenvalue weighted by atomic mass is 16.7. The van der Waals surface area contributed by atoms with Crippen molar-refractivity contribution in [2.24, 2.45) is 17.8 Å². The maximum Gasteiger partial charge on any atom is 0.333 e. The Morgan fingerprint density at radius 2 is 2.00 bits per heavy atom. The van der Waals surface area contributed by atoms with Gasteiger partial charge in [-0.25, -0.2) is 4.79 Å². The van der Waals surface area contributed by atoms with Crippen LogP contribution in [0.25, 0.3) is 0 Å². The zero-order valence-corrected chi connectivity index (χ0v) is 9.82. The maximum atomic E-state index is 11.8. The monoisotopic (exact) mass is 249 g/mol. The van der Waals surface area contributed by atoms with Gasteiger partial charge in [0.15, 0.2) is 0 Å². The third-order valence-corrected chi connectivity index (χ3v) is 3.84. The molecule has 96 valence electrons. The van der Waals surface area contributed by atoms with Gasteiger partial charge in [-0.3, -0.25) is 0 Å². The molecular weight excluding hydrogens is 234 g/mol. The molecule has 0 aliphatic heterocycles. The Morgan fingerprint density at radius 3 is 2.56 bits per heavy atom. The van der Waals surface area contributed by atoms with Crippen molar-refractivity contribution < 1.29 is 19.8 Å². The lowest BCUT2D eigenvalue weighted by molar-refractivity contribution is -0.146. The third-order valence-electron chi connectivity index (χ3n) is 3.84. The average molecular weight is 249 g/mol. The third kappa shape index (κ3) is 1.85. The second kappa shape index (κ2) is 4.08. The second-order valence-electron chi connectivity index (χ2n) is 5.05. The van der Waals surface area contributed by atoms with Gasteiger partial charge in [-0.05, 0) is 30.6 Å². The minimum absolute atomic E-state index is 0.284. The lowest BCUT2D eigenvalue weighted by Crippen LogP contribution is -2.23. The van der Waals surface area contributed by atoms with Gasteiger partial charge >= 0.3 is 5.97 Å². The molecule has 1 aromatic rings. The Hall–Kier alpha value is -1.91. The molecule has 18 heavy (non-hydrogen) atoms. The Bertz CT molecular complexity index is 486. The van der Waals surface area contributed by atoms with E-state index in [0.29, 0.717) is 24.2 Å². The summed E-state index contributed by atoms with van der Waals surface area (Å²) in [6, 6.07) is 2.53. The molecule has 2 N–H and O–H groups in total. The molecule has 1 fully saturated rings. The normalized spacial score (nSPS) is 28.8. The van der Waals surface area contributed by atoms with E-state index < -0.39 is 5.97 Å². The number of aromatic hydroxyl groups is 2. The summed E-state index contributed by atoms with van der Waals surface area (Å²) in [5.41, 5.74) is 0. The van der Waals surface area contributed by atoms with Crippen molar-refractivity contribution in [2.75, 3.05) is 0 Å². The molecule has 5 nitrogen and oxygen atoms in total. The van der Waals surface area contributed by atoms with E-state index in [-0.39, 0.29) is 11.8 Å². The van der Waals surface area contributed by atoms with E-state index in [1.807, 2.05) is 0 Å². The van der Waals surface area contributed by atoms with Crippen molar-refractivity contribution in [2.45, 2.75) is 19.3 Å². The minimum Gasteiger partial charge on any atom is -0.492 e. The first-order valence-corrected chi connectivity index (χ1v) is 6.12. The molecule has 1 saturated carbocycles. The molecule has 2 bridgehead atoms. The van der Waals surface area contributed by atoms with E-state index in [1.54, 1.807) is 0 Å². The fraction of sp³-hybridized carbons (Fsp3) is 0.462. The van der Waals surface area contributed by atoms with Crippen LogP contribution in [0.3, 0.4) is 0 Å². The molecule has 0 spiro atoms. The summed E-state index contributed by atoms with van der Waals surface area (Å²) < 4.78 is 0.741. The molecule has 3 rings (SSSR count). The van der Waals surface area contributed by atoms with E-state index in [1.165, 1.54) is 12.1 Å². The molecule has 2 aliphatic carbocycles. The summed E-state index contributed by atoms with van der Waals surface area (Å²) in [6.07, 6.45) is 6.88. The van der Waals surface area contributed by atoms with Crippen LogP contribution in [0.2, 0.25) is 0 Å². The van der Waals surface area contributed by atoms with Gasteiger partial charge in [0.25, 0.3) is 0 Å². The molecule has 5 heteroatoms. The van der Waals surface area contributed by atoms with Gasteiger partial charge in [0.1, 0.15) is 0 Å². The zero-order chi connectivity index (χ0) is 12.7. The molecule has 0 radical (unpaired) electrons. The number of carbonyl (C=O) groups excluding carboxylic acids is 1. The summed E-state index contributed by atoms with van der Waals surface area (Å²) in [5.74, 6) is 0.424. The summed E-state index contributed by atoms with van der Waals surface area (Å²) in [4.78, 5) is 16.7. The van der Waals surface area contributed by atoms with Crippen LogP contribution >= 0.6 is 0 Å². The maximum absolute atomic E-state index is 11.8. The van der Waals surface area contributed by atoms with E-state index in [0.717, 1.165) is 17.6 Å². The molecule has 1 aromatic heterocycles. The fourth-order valence-electron chi connectivity index (χ4n) is 2.98. The summed E-state index contributed by atoms with van der Waals surface area (Å²) >= 11 is 0. The minimum atomic E-state index is -0.428. The lowest BCUT2D eigenvalue weighted by Gasteiger charge is -2.16. The van der Waals surface area contributed by atoms with Crippen LogP contribution in [0, 0.1) is 17.8 Å². The van der Waals surface area contributed by atoms with Crippen LogP contribution < -0.4 is 4.84 Å². The number of fused-ring (bicyclic) bond motifs is 2. The number of aromatic nitrogens is 1. The molecule has 0 aromatic carbocycles. The van der Waals surface area contributed by atoms with Gasteiger partial charge in [-0.2, -0.15) is 0 Å². The zero-order valence-electron chi connectivity index (χ0n) is 9.82. The van der Waals surface area contributed by atoms with Crippen LogP contribution in [-0.4, -0.2) is 20.9 Å². The average Bonchev–Trinajstić information content (AvgIpc) is 3.00. The van der Waals surface area contributed by atoms with Gasteiger partial charge in [0, 0.05) is 12.1 Å². The van der Waals surface area contributed by atoms with Crippen LogP contribution in [0.15, 0.2) is 24.3 Å². The first-order chi connectivity index (χ1) is 8.63. The predicted octanol–water partition coefficient (Wildman–Crippen LogP) is 1.46. The Balaban J connectivity index is 1.61. The molecule has 0 saturated heterocycles. The van der Waals surface area contributed by atoms with Gasteiger partial charge in [-0.15, -0.1) is 4.73 Å². The van der Waals surface area contributed by atoms with Gasteiger partial charge in [0.2, 0.25) is 11.8 Å². The highest BCUT2D eigenvalue weighted by Crippen LogP contribution is 2.44. The van der Waals surface area contributed by atoms with E-state index >= 15 is 0 Å². The SMILES string of the molecule is O=C(CC1CC2C=CC1C2)On1c(O)ccc1O. The first-order valence-electron chi connectivity index (χ1n) is 6.12. The summed E-state index contributed by atoms with van der Waals surface area (Å²) in [7, 11) is 0. The van der Waals surface area contributed by atoms with Crippen molar-refractivity contribution in [1.82, 2.24) is 4.73 Å². The predicted molar refractivity (Wildman–Crippen MR) is 62.8 cm³/mol.